The van der Waals surface area contributed by atoms with E-state index in [1.54, 1.807) is 31.1 Å². The molecule has 2 amide bonds. The molecule has 126 valence electrons. The monoisotopic (exact) mass is 338 g/mol. The second-order valence-electron chi connectivity index (χ2n) is 5.98. The lowest BCUT2D eigenvalue weighted by atomic mass is 10.1. The number of sulfone groups is 1. The molecule has 1 aliphatic heterocycles. The van der Waals surface area contributed by atoms with Crippen LogP contribution in [-0.2, 0) is 25.8 Å². The first-order valence-electron chi connectivity index (χ1n) is 7.49. The van der Waals surface area contributed by atoms with E-state index in [0.717, 1.165) is 11.3 Å². The highest BCUT2D eigenvalue weighted by atomic mass is 32.2. The van der Waals surface area contributed by atoms with Crippen LogP contribution in [-0.4, -0.2) is 56.8 Å². The Hall–Kier alpha value is -1.89. The van der Waals surface area contributed by atoms with Gasteiger partial charge in [-0.15, -0.1) is 0 Å². The average molecular weight is 338 g/mol. The van der Waals surface area contributed by atoms with Crippen LogP contribution in [0.5, 0.6) is 0 Å². The van der Waals surface area contributed by atoms with Gasteiger partial charge >= 0.3 is 0 Å². The minimum atomic E-state index is -3.00. The zero-order chi connectivity index (χ0) is 17.2. The molecule has 6 nitrogen and oxygen atoms in total. The van der Waals surface area contributed by atoms with Gasteiger partial charge in [0.1, 0.15) is 0 Å². The normalized spacial score (nSPS) is 19.3. The minimum absolute atomic E-state index is 0.0532. The predicted molar refractivity (Wildman–Crippen MR) is 89.1 cm³/mol. The zero-order valence-electron chi connectivity index (χ0n) is 13.7. The largest absolute Gasteiger partial charge is 0.341 e. The molecule has 0 N–H and O–H groups in total. The molecule has 1 unspecified atom stereocenters. The fourth-order valence-electron chi connectivity index (χ4n) is 2.60. The lowest BCUT2D eigenvalue weighted by molar-refractivity contribution is -0.130. The Bertz CT molecular complexity index is 697. The number of likely N-dealkylation sites (N-methyl/N-ethyl adjacent to an activating group) is 1. The minimum Gasteiger partial charge on any atom is -0.341 e. The van der Waals surface area contributed by atoms with E-state index in [4.69, 9.17) is 0 Å². The Morgan fingerprint density at radius 2 is 1.78 bits per heavy atom. The lowest BCUT2D eigenvalue weighted by Gasteiger charge is -2.23. The first-order chi connectivity index (χ1) is 10.7. The second-order valence-corrected chi connectivity index (χ2v) is 8.21. The summed E-state index contributed by atoms with van der Waals surface area (Å²) in [5, 5.41) is 0. The third-order valence-corrected chi connectivity index (χ3v) is 6.05. The third kappa shape index (κ3) is 4.31. The van der Waals surface area contributed by atoms with Crippen molar-refractivity contribution in [2.75, 3.05) is 30.5 Å². The van der Waals surface area contributed by atoms with Crippen LogP contribution in [0.4, 0.5) is 5.69 Å². The van der Waals surface area contributed by atoms with E-state index in [1.165, 1.54) is 11.8 Å². The number of anilines is 1. The summed E-state index contributed by atoms with van der Waals surface area (Å²) in [5.41, 5.74) is 1.60. The Morgan fingerprint density at radius 3 is 2.26 bits per heavy atom. The van der Waals surface area contributed by atoms with Crippen molar-refractivity contribution in [1.82, 2.24) is 4.90 Å². The maximum absolute atomic E-state index is 12.3. The highest BCUT2D eigenvalue weighted by Gasteiger charge is 2.32. The molecule has 1 fully saturated rings. The number of amides is 2. The van der Waals surface area contributed by atoms with Crippen LogP contribution < -0.4 is 4.90 Å². The highest BCUT2D eigenvalue weighted by molar-refractivity contribution is 7.91. The summed E-state index contributed by atoms with van der Waals surface area (Å²) in [6.45, 7) is 1.49. The average Bonchev–Trinajstić information content (AvgIpc) is 2.86. The summed E-state index contributed by atoms with van der Waals surface area (Å²) in [4.78, 5) is 26.7. The van der Waals surface area contributed by atoms with Gasteiger partial charge in [-0.1, -0.05) is 12.1 Å². The van der Waals surface area contributed by atoms with Crippen molar-refractivity contribution in [2.45, 2.75) is 25.8 Å². The van der Waals surface area contributed by atoms with Crippen LogP contribution >= 0.6 is 0 Å². The van der Waals surface area contributed by atoms with Gasteiger partial charge < -0.3 is 9.80 Å². The maximum atomic E-state index is 12.3. The molecule has 1 heterocycles. The Kier molecular flexibility index (Phi) is 5.09. The molecule has 0 saturated carbocycles. The van der Waals surface area contributed by atoms with Crippen LogP contribution in [0.1, 0.15) is 18.9 Å². The van der Waals surface area contributed by atoms with E-state index >= 15 is 0 Å². The van der Waals surface area contributed by atoms with Crippen molar-refractivity contribution in [2.24, 2.45) is 0 Å². The van der Waals surface area contributed by atoms with Crippen molar-refractivity contribution in [1.29, 1.82) is 0 Å². The van der Waals surface area contributed by atoms with Crippen LogP contribution in [0.15, 0.2) is 24.3 Å². The molecule has 23 heavy (non-hydrogen) atoms. The zero-order valence-corrected chi connectivity index (χ0v) is 14.5. The molecule has 1 aromatic carbocycles. The molecule has 0 radical (unpaired) electrons. The highest BCUT2D eigenvalue weighted by Crippen LogP contribution is 2.19. The maximum Gasteiger partial charge on any atom is 0.227 e. The van der Waals surface area contributed by atoms with Gasteiger partial charge in [0.25, 0.3) is 0 Å². The lowest BCUT2D eigenvalue weighted by Crippen LogP contribution is -2.38. The van der Waals surface area contributed by atoms with Crippen LogP contribution in [0.3, 0.4) is 0 Å². The molecule has 0 aromatic heterocycles. The quantitative estimate of drug-likeness (QED) is 0.816. The molecule has 1 aliphatic rings. The summed E-state index contributed by atoms with van der Waals surface area (Å²) in [7, 11) is 0.348. The van der Waals surface area contributed by atoms with Crippen molar-refractivity contribution in [3.05, 3.63) is 29.8 Å². The van der Waals surface area contributed by atoms with E-state index in [9.17, 15) is 18.0 Å². The fraction of sp³-hybridized carbons (Fsp3) is 0.500. The van der Waals surface area contributed by atoms with Crippen molar-refractivity contribution < 1.29 is 18.0 Å². The first-order valence-corrected chi connectivity index (χ1v) is 9.31. The molecule has 0 bridgehead atoms. The standard InChI is InChI=1S/C16H22N2O4S/c1-12(19)17(2)14-6-4-13(5-7-14)10-16(20)18(3)15-8-9-23(21,22)11-15/h4-7,15H,8-11H2,1-3H3. The Morgan fingerprint density at radius 1 is 1.17 bits per heavy atom. The molecular weight excluding hydrogens is 316 g/mol. The van der Waals surface area contributed by atoms with E-state index in [0.29, 0.717) is 6.42 Å². The van der Waals surface area contributed by atoms with Crippen LogP contribution in [0.2, 0.25) is 0 Å². The summed E-state index contributed by atoms with van der Waals surface area (Å²) in [6, 6.07) is 6.99. The molecule has 2 rings (SSSR count). The van der Waals surface area contributed by atoms with Crippen molar-refractivity contribution >= 4 is 27.3 Å². The number of benzene rings is 1. The van der Waals surface area contributed by atoms with Crippen molar-refractivity contribution in [3.8, 4) is 0 Å². The summed E-state index contributed by atoms with van der Waals surface area (Å²) in [5.74, 6) is 0.0506. The smallest absolute Gasteiger partial charge is 0.227 e. The number of hydrogen-bond acceptors (Lipinski definition) is 4. The van der Waals surface area contributed by atoms with Crippen LogP contribution in [0.25, 0.3) is 0 Å². The molecule has 1 saturated heterocycles. The van der Waals surface area contributed by atoms with Gasteiger partial charge in [0.05, 0.1) is 17.9 Å². The Labute approximate surface area is 137 Å². The van der Waals surface area contributed by atoms with E-state index in [2.05, 4.69) is 0 Å². The second kappa shape index (κ2) is 6.70. The first kappa shape index (κ1) is 17.5. The number of carbonyl (C=O) groups is 2. The SMILES string of the molecule is CC(=O)N(C)c1ccc(CC(=O)N(C)C2CCS(=O)(=O)C2)cc1. The van der Waals surface area contributed by atoms with Crippen LogP contribution in [0, 0.1) is 0 Å². The summed E-state index contributed by atoms with van der Waals surface area (Å²) in [6.07, 6.45) is 0.726. The fourth-order valence-corrected chi connectivity index (χ4v) is 4.38. The van der Waals surface area contributed by atoms with Gasteiger partial charge in [0.2, 0.25) is 11.8 Å². The number of hydrogen-bond donors (Lipinski definition) is 0. The van der Waals surface area contributed by atoms with Gasteiger partial charge in [0.15, 0.2) is 9.84 Å². The predicted octanol–water partition coefficient (Wildman–Crippen LogP) is 0.857. The van der Waals surface area contributed by atoms with Gasteiger partial charge in [-0.2, -0.15) is 0 Å². The molecule has 0 aliphatic carbocycles. The number of nitrogens with zero attached hydrogens (tertiary/aromatic N) is 2. The molecule has 0 spiro atoms. The van der Waals surface area contributed by atoms with E-state index < -0.39 is 9.84 Å². The third-order valence-electron chi connectivity index (χ3n) is 4.30. The van der Waals surface area contributed by atoms with Gasteiger partial charge in [-0.3, -0.25) is 9.59 Å². The molecular formula is C16H22N2O4S. The van der Waals surface area contributed by atoms with Gasteiger partial charge in [-0.05, 0) is 24.1 Å². The van der Waals surface area contributed by atoms with E-state index in [1.807, 2.05) is 12.1 Å². The number of carbonyl (C=O) groups excluding carboxylic acids is 2. The van der Waals surface area contributed by atoms with Gasteiger partial charge in [0, 0.05) is 32.7 Å². The number of rotatable bonds is 4. The molecule has 7 heteroatoms. The summed E-state index contributed by atoms with van der Waals surface area (Å²) >= 11 is 0. The molecule has 1 aromatic rings. The topological polar surface area (TPSA) is 74.8 Å². The van der Waals surface area contributed by atoms with Gasteiger partial charge in [-0.25, -0.2) is 8.42 Å². The Balaban J connectivity index is 1.99. The molecule has 1 atom stereocenters. The van der Waals surface area contributed by atoms with Crippen molar-refractivity contribution in [3.63, 3.8) is 0 Å². The van der Waals surface area contributed by atoms with E-state index in [-0.39, 0.29) is 35.8 Å². The summed E-state index contributed by atoms with van der Waals surface area (Å²) < 4.78 is 23.0.